The van der Waals surface area contributed by atoms with Gasteiger partial charge in [0.1, 0.15) is 6.04 Å². The molecule has 1 aliphatic rings. The number of hydrazine groups is 1. The van der Waals surface area contributed by atoms with Crippen LogP contribution in [0.2, 0.25) is 0 Å². The Balaban J connectivity index is 1.80. The summed E-state index contributed by atoms with van der Waals surface area (Å²) in [6, 6.07) is 9.95. The number of benzene rings is 1. The second-order valence-corrected chi connectivity index (χ2v) is 5.48. The van der Waals surface area contributed by atoms with Gasteiger partial charge in [0, 0.05) is 26.1 Å². The van der Waals surface area contributed by atoms with Crippen molar-refractivity contribution in [2.75, 3.05) is 20.7 Å². The Kier molecular flexibility index (Phi) is 5.91. The second kappa shape index (κ2) is 7.91. The van der Waals surface area contributed by atoms with E-state index in [4.69, 9.17) is 0 Å². The van der Waals surface area contributed by atoms with E-state index >= 15 is 0 Å². The SMILES string of the molecule is COC(=O)CCCN(C)C(=O)C1CC(c2ccccc2)NN1. The third-order valence-electron chi connectivity index (χ3n) is 3.88. The number of esters is 1. The largest absolute Gasteiger partial charge is 0.469 e. The Hall–Kier alpha value is -1.92. The number of methoxy groups -OCH3 is 1. The van der Waals surface area contributed by atoms with Crippen molar-refractivity contribution < 1.29 is 14.3 Å². The molecule has 1 aliphatic heterocycles. The van der Waals surface area contributed by atoms with Crippen LogP contribution in [0.25, 0.3) is 0 Å². The van der Waals surface area contributed by atoms with Crippen molar-refractivity contribution >= 4 is 11.9 Å². The minimum atomic E-state index is -0.245. The Morgan fingerprint density at radius 1 is 1.27 bits per heavy atom. The number of rotatable bonds is 6. The summed E-state index contributed by atoms with van der Waals surface area (Å²) in [6.45, 7) is 0.544. The highest BCUT2D eigenvalue weighted by Crippen LogP contribution is 2.22. The monoisotopic (exact) mass is 305 g/mol. The van der Waals surface area contributed by atoms with Crippen LogP contribution in [0.1, 0.15) is 30.9 Å². The first-order valence-corrected chi connectivity index (χ1v) is 7.49. The van der Waals surface area contributed by atoms with E-state index < -0.39 is 0 Å². The molecule has 2 N–H and O–H groups in total. The topological polar surface area (TPSA) is 70.7 Å². The molecule has 22 heavy (non-hydrogen) atoms. The molecule has 1 saturated heterocycles. The molecule has 2 unspecified atom stereocenters. The summed E-state index contributed by atoms with van der Waals surface area (Å²) in [4.78, 5) is 25.1. The number of nitrogens with one attached hydrogen (secondary N) is 2. The lowest BCUT2D eigenvalue weighted by molar-refractivity contribution is -0.141. The van der Waals surface area contributed by atoms with E-state index in [1.54, 1.807) is 11.9 Å². The minimum absolute atomic E-state index is 0.0378. The van der Waals surface area contributed by atoms with E-state index in [1.807, 2.05) is 30.3 Å². The zero-order valence-electron chi connectivity index (χ0n) is 13.0. The molecule has 6 nitrogen and oxygen atoms in total. The van der Waals surface area contributed by atoms with Gasteiger partial charge < -0.3 is 9.64 Å². The Morgan fingerprint density at radius 3 is 2.68 bits per heavy atom. The molecule has 1 heterocycles. The lowest BCUT2D eigenvalue weighted by atomic mass is 10.0. The molecule has 1 amide bonds. The van der Waals surface area contributed by atoms with Gasteiger partial charge in [0.2, 0.25) is 5.91 Å². The maximum absolute atomic E-state index is 12.4. The number of carbonyl (C=O) groups is 2. The third-order valence-corrected chi connectivity index (χ3v) is 3.88. The zero-order chi connectivity index (χ0) is 15.9. The van der Waals surface area contributed by atoms with Gasteiger partial charge in [-0.2, -0.15) is 0 Å². The fourth-order valence-corrected chi connectivity index (χ4v) is 2.56. The molecule has 0 radical (unpaired) electrons. The van der Waals surface area contributed by atoms with E-state index in [0.29, 0.717) is 25.8 Å². The summed E-state index contributed by atoms with van der Waals surface area (Å²) in [5.74, 6) is -0.207. The summed E-state index contributed by atoms with van der Waals surface area (Å²) in [5, 5.41) is 0. The fraction of sp³-hybridized carbons (Fsp3) is 0.500. The lowest BCUT2D eigenvalue weighted by Crippen LogP contribution is -2.44. The van der Waals surface area contributed by atoms with Crippen LogP contribution in [-0.4, -0.2) is 43.5 Å². The molecule has 2 rings (SSSR count). The predicted molar refractivity (Wildman–Crippen MR) is 82.7 cm³/mol. The average Bonchev–Trinajstić information content (AvgIpc) is 3.04. The molecule has 2 atom stereocenters. The summed E-state index contributed by atoms with van der Waals surface area (Å²) in [5.41, 5.74) is 7.40. The van der Waals surface area contributed by atoms with Crippen LogP contribution in [0, 0.1) is 0 Å². The average molecular weight is 305 g/mol. The molecule has 1 aromatic rings. The van der Waals surface area contributed by atoms with Crippen LogP contribution < -0.4 is 10.9 Å². The molecule has 6 heteroatoms. The van der Waals surface area contributed by atoms with Crippen molar-refractivity contribution in [3.05, 3.63) is 35.9 Å². The molecule has 0 saturated carbocycles. The van der Waals surface area contributed by atoms with Crippen LogP contribution in [0.3, 0.4) is 0 Å². The first-order chi connectivity index (χ1) is 10.6. The molecule has 1 fully saturated rings. The van der Waals surface area contributed by atoms with Crippen LogP contribution >= 0.6 is 0 Å². The Labute approximate surface area is 130 Å². The molecule has 0 aliphatic carbocycles. The van der Waals surface area contributed by atoms with Gasteiger partial charge in [-0.05, 0) is 18.4 Å². The van der Waals surface area contributed by atoms with Gasteiger partial charge in [-0.1, -0.05) is 30.3 Å². The first-order valence-electron chi connectivity index (χ1n) is 7.49. The standard InChI is InChI=1S/C16H23N3O3/c1-19(10-6-9-15(20)22-2)16(21)14-11-13(17-18-14)12-7-4-3-5-8-12/h3-5,7-8,13-14,17-18H,6,9-11H2,1-2H3. The fourth-order valence-electron chi connectivity index (χ4n) is 2.56. The number of carbonyl (C=O) groups excluding carboxylic acids is 2. The normalized spacial score (nSPS) is 20.6. The van der Waals surface area contributed by atoms with E-state index in [2.05, 4.69) is 15.6 Å². The molecular formula is C16H23N3O3. The van der Waals surface area contributed by atoms with Gasteiger partial charge in [-0.15, -0.1) is 0 Å². The van der Waals surface area contributed by atoms with Crippen molar-refractivity contribution in [3.8, 4) is 0 Å². The first kappa shape index (κ1) is 16.5. The summed E-state index contributed by atoms with van der Waals surface area (Å²) >= 11 is 0. The van der Waals surface area contributed by atoms with Crippen LogP contribution in [0.15, 0.2) is 30.3 Å². The van der Waals surface area contributed by atoms with Gasteiger partial charge in [0.05, 0.1) is 7.11 Å². The van der Waals surface area contributed by atoms with Gasteiger partial charge in [-0.25, -0.2) is 10.9 Å². The second-order valence-electron chi connectivity index (χ2n) is 5.48. The van der Waals surface area contributed by atoms with Gasteiger partial charge in [0.25, 0.3) is 0 Å². The van der Waals surface area contributed by atoms with Crippen molar-refractivity contribution in [2.24, 2.45) is 0 Å². The number of hydrogen-bond donors (Lipinski definition) is 2. The lowest BCUT2D eigenvalue weighted by Gasteiger charge is -2.20. The van der Waals surface area contributed by atoms with Gasteiger partial charge in [0.15, 0.2) is 0 Å². The molecule has 0 spiro atoms. The van der Waals surface area contributed by atoms with E-state index in [0.717, 1.165) is 0 Å². The van der Waals surface area contributed by atoms with E-state index in [9.17, 15) is 9.59 Å². The van der Waals surface area contributed by atoms with E-state index in [-0.39, 0.29) is 24.0 Å². The van der Waals surface area contributed by atoms with Crippen molar-refractivity contribution in [2.45, 2.75) is 31.3 Å². The highest BCUT2D eigenvalue weighted by molar-refractivity contribution is 5.82. The molecule has 0 aromatic heterocycles. The van der Waals surface area contributed by atoms with Crippen molar-refractivity contribution in [1.29, 1.82) is 0 Å². The highest BCUT2D eigenvalue weighted by atomic mass is 16.5. The van der Waals surface area contributed by atoms with Gasteiger partial charge in [-0.3, -0.25) is 9.59 Å². The minimum Gasteiger partial charge on any atom is -0.469 e. The maximum Gasteiger partial charge on any atom is 0.305 e. The van der Waals surface area contributed by atoms with Crippen molar-refractivity contribution in [3.63, 3.8) is 0 Å². The summed E-state index contributed by atoms with van der Waals surface area (Å²) in [7, 11) is 3.13. The predicted octanol–water partition coefficient (Wildman–Crippen LogP) is 1.01. The van der Waals surface area contributed by atoms with Crippen LogP contribution in [-0.2, 0) is 14.3 Å². The highest BCUT2D eigenvalue weighted by Gasteiger charge is 2.31. The molecule has 1 aromatic carbocycles. The van der Waals surface area contributed by atoms with Crippen LogP contribution in [0.4, 0.5) is 0 Å². The quantitative estimate of drug-likeness (QED) is 0.768. The van der Waals surface area contributed by atoms with Crippen molar-refractivity contribution in [1.82, 2.24) is 15.8 Å². The number of likely N-dealkylation sites (N-methyl/N-ethyl adjacent to an activating group) is 1. The summed E-state index contributed by atoms with van der Waals surface area (Å²) < 4.78 is 4.59. The molecular weight excluding hydrogens is 282 g/mol. The summed E-state index contributed by atoms with van der Waals surface area (Å²) in [6.07, 6.45) is 1.65. The van der Waals surface area contributed by atoms with Gasteiger partial charge >= 0.3 is 5.97 Å². The van der Waals surface area contributed by atoms with E-state index in [1.165, 1.54) is 12.7 Å². The third kappa shape index (κ3) is 4.29. The molecule has 0 bridgehead atoms. The molecule has 120 valence electrons. The maximum atomic E-state index is 12.4. The number of nitrogens with zero attached hydrogens (tertiary/aromatic N) is 1. The smallest absolute Gasteiger partial charge is 0.305 e. The number of hydrogen-bond acceptors (Lipinski definition) is 5. The number of amides is 1. The van der Waals surface area contributed by atoms with Crippen LogP contribution in [0.5, 0.6) is 0 Å². The Morgan fingerprint density at radius 2 is 2.00 bits per heavy atom. The zero-order valence-corrected chi connectivity index (χ0v) is 13.0. The Bertz CT molecular complexity index is 507. The number of ether oxygens (including phenoxy) is 1.